The summed E-state index contributed by atoms with van der Waals surface area (Å²) in [6.45, 7) is 9.31. The van der Waals surface area contributed by atoms with Crippen LogP contribution in [-0.2, 0) is 4.79 Å². The second-order valence-corrected chi connectivity index (χ2v) is 6.60. The van der Waals surface area contributed by atoms with Crippen LogP contribution in [-0.4, -0.2) is 76.6 Å². The number of piperazine rings is 1. The van der Waals surface area contributed by atoms with Crippen LogP contribution in [0.25, 0.3) is 0 Å². The van der Waals surface area contributed by atoms with Crippen molar-refractivity contribution in [3.63, 3.8) is 0 Å². The highest BCUT2D eigenvalue weighted by Crippen LogP contribution is 2.28. The van der Waals surface area contributed by atoms with Crippen LogP contribution in [0.4, 0.5) is 4.79 Å². The molecule has 1 saturated heterocycles. The van der Waals surface area contributed by atoms with Gasteiger partial charge in [0.05, 0.1) is 0 Å². The molecule has 1 aliphatic carbocycles. The Balaban J connectivity index is 1.88. The predicted molar refractivity (Wildman–Crippen MR) is 80.2 cm³/mol. The number of aliphatic carboxylic acids is 1. The minimum Gasteiger partial charge on any atom is -0.480 e. The molecule has 2 fully saturated rings. The van der Waals surface area contributed by atoms with Gasteiger partial charge < -0.3 is 14.9 Å². The second-order valence-electron chi connectivity index (χ2n) is 6.60. The van der Waals surface area contributed by atoms with Gasteiger partial charge in [-0.05, 0) is 25.7 Å². The van der Waals surface area contributed by atoms with Crippen molar-refractivity contribution in [2.45, 2.75) is 45.7 Å². The highest BCUT2D eigenvalue weighted by atomic mass is 16.4. The zero-order chi connectivity index (χ0) is 15.6. The molecular weight excluding hydrogens is 270 g/mol. The van der Waals surface area contributed by atoms with E-state index in [1.165, 1.54) is 0 Å². The molecule has 1 aliphatic heterocycles. The summed E-state index contributed by atoms with van der Waals surface area (Å²) in [6.07, 6.45) is 2.24. The molecule has 0 radical (unpaired) electrons. The minimum atomic E-state index is -0.797. The molecule has 0 spiro atoms. The number of rotatable bonds is 5. The highest BCUT2D eigenvalue weighted by Gasteiger charge is 2.36. The molecule has 120 valence electrons. The molecule has 2 rings (SSSR count). The Hall–Kier alpha value is -1.30. The fourth-order valence-electron chi connectivity index (χ4n) is 2.80. The maximum Gasteiger partial charge on any atom is 0.320 e. The van der Waals surface area contributed by atoms with Gasteiger partial charge in [0.25, 0.3) is 0 Å². The van der Waals surface area contributed by atoms with E-state index in [9.17, 15) is 9.59 Å². The van der Waals surface area contributed by atoms with Gasteiger partial charge in [0.2, 0.25) is 0 Å². The van der Waals surface area contributed by atoms with E-state index in [2.05, 4.69) is 13.8 Å². The van der Waals surface area contributed by atoms with E-state index in [-0.39, 0.29) is 6.03 Å². The Morgan fingerprint density at radius 2 is 1.71 bits per heavy atom. The number of hydrogen-bond donors (Lipinski definition) is 1. The van der Waals surface area contributed by atoms with Gasteiger partial charge in [0.1, 0.15) is 6.04 Å². The second kappa shape index (κ2) is 6.64. The van der Waals surface area contributed by atoms with Crippen LogP contribution in [0.3, 0.4) is 0 Å². The van der Waals surface area contributed by atoms with Crippen LogP contribution in [0.5, 0.6) is 0 Å². The van der Waals surface area contributed by atoms with Crippen LogP contribution in [0.15, 0.2) is 0 Å². The number of carbonyl (C=O) groups excluding carboxylic acids is 1. The fourth-order valence-corrected chi connectivity index (χ4v) is 2.80. The van der Waals surface area contributed by atoms with E-state index in [1.54, 1.807) is 6.92 Å². The summed E-state index contributed by atoms with van der Waals surface area (Å²) in [7, 11) is 0. The Labute approximate surface area is 126 Å². The first-order chi connectivity index (χ1) is 9.90. The Bertz CT molecular complexity index is 388. The Kier molecular flexibility index (Phi) is 5.08. The van der Waals surface area contributed by atoms with Crippen molar-refractivity contribution in [1.82, 2.24) is 14.7 Å². The van der Waals surface area contributed by atoms with Crippen molar-refractivity contribution < 1.29 is 14.7 Å². The highest BCUT2D eigenvalue weighted by molar-refractivity contribution is 5.75. The van der Waals surface area contributed by atoms with Gasteiger partial charge in [0, 0.05) is 38.8 Å². The van der Waals surface area contributed by atoms with E-state index in [0.29, 0.717) is 38.1 Å². The molecule has 2 amide bonds. The summed E-state index contributed by atoms with van der Waals surface area (Å²) in [5.74, 6) is -0.322. The molecule has 1 heterocycles. The number of hydrogen-bond acceptors (Lipinski definition) is 3. The number of amides is 2. The maximum atomic E-state index is 12.6. The lowest BCUT2D eigenvalue weighted by Crippen LogP contribution is -2.56. The number of nitrogens with zero attached hydrogens (tertiary/aromatic N) is 3. The molecule has 21 heavy (non-hydrogen) atoms. The molecule has 1 saturated carbocycles. The van der Waals surface area contributed by atoms with Crippen molar-refractivity contribution in [3.05, 3.63) is 0 Å². The fraction of sp³-hybridized carbons (Fsp3) is 0.867. The van der Waals surface area contributed by atoms with Gasteiger partial charge in [-0.2, -0.15) is 0 Å². The standard InChI is InChI=1S/C15H27N3O3/c1-11(2)10-18(13-4-5-13)15(21)17-8-6-16(7-9-17)12(3)14(19)20/h11-13H,4-10H2,1-3H3,(H,19,20). The third-order valence-corrected chi connectivity index (χ3v) is 4.29. The zero-order valence-corrected chi connectivity index (χ0v) is 13.3. The van der Waals surface area contributed by atoms with Gasteiger partial charge in [-0.3, -0.25) is 9.69 Å². The van der Waals surface area contributed by atoms with Crippen LogP contribution >= 0.6 is 0 Å². The molecule has 6 heteroatoms. The lowest BCUT2D eigenvalue weighted by Gasteiger charge is -2.39. The number of carboxylic acid groups (broad SMARTS) is 1. The van der Waals surface area contributed by atoms with E-state index < -0.39 is 12.0 Å². The van der Waals surface area contributed by atoms with Crippen molar-refractivity contribution in [1.29, 1.82) is 0 Å². The number of carbonyl (C=O) groups is 2. The summed E-state index contributed by atoms with van der Waals surface area (Å²) in [4.78, 5) is 29.5. The average molecular weight is 297 g/mol. The summed E-state index contributed by atoms with van der Waals surface area (Å²) < 4.78 is 0. The van der Waals surface area contributed by atoms with Gasteiger partial charge >= 0.3 is 12.0 Å². The van der Waals surface area contributed by atoms with Crippen molar-refractivity contribution in [2.24, 2.45) is 5.92 Å². The van der Waals surface area contributed by atoms with Crippen LogP contribution in [0.2, 0.25) is 0 Å². The molecule has 1 unspecified atom stereocenters. The van der Waals surface area contributed by atoms with Crippen molar-refractivity contribution in [3.8, 4) is 0 Å². The third-order valence-electron chi connectivity index (χ3n) is 4.29. The topological polar surface area (TPSA) is 64.1 Å². The Morgan fingerprint density at radius 1 is 1.14 bits per heavy atom. The van der Waals surface area contributed by atoms with Gasteiger partial charge in [0.15, 0.2) is 0 Å². The lowest BCUT2D eigenvalue weighted by atomic mass is 10.2. The molecule has 0 aromatic carbocycles. The summed E-state index contributed by atoms with van der Waals surface area (Å²) in [6, 6.07) is 0.0853. The molecular formula is C15H27N3O3. The molecule has 6 nitrogen and oxygen atoms in total. The largest absolute Gasteiger partial charge is 0.480 e. The molecule has 2 aliphatic rings. The van der Waals surface area contributed by atoms with E-state index in [4.69, 9.17) is 5.11 Å². The molecule has 0 aromatic rings. The first-order valence-corrected chi connectivity index (χ1v) is 7.92. The first kappa shape index (κ1) is 16.1. The van der Waals surface area contributed by atoms with E-state index in [0.717, 1.165) is 19.4 Å². The van der Waals surface area contributed by atoms with Gasteiger partial charge in [-0.1, -0.05) is 13.8 Å². The van der Waals surface area contributed by atoms with E-state index >= 15 is 0 Å². The van der Waals surface area contributed by atoms with Crippen LogP contribution < -0.4 is 0 Å². The quantitative estimate of drug-likeness (QED) is 0.831. The first-order valence-electron chi connectivity index (χ1n) is 7.92. The minimum absolute atomic E-state index is 0.133. The van der Waals surface area contributed by atoms with Crippen LogP contribution in [0.1, 0.15) is 33.6 Å². The predicted octanol–water partition coefficient (Wildman–Crippen LogP) is 1.32. The van der Waals surface area contributed by atoms with Gasteiger partial charge in [-0.25, -0.2) is 4.79 Å². The third kappa shape index (κ3) is 4.09. The summed E-state index contributed by atoms with van der Waals surface area (Å²) in [5.41, 5.74) is 0. The Morgan fingerprint density at radius 3 is 2.14 bits per heavy atom. The van der Waals surface area contributed by atoms with Crippen molar-refractivity contribution in [2.75, 3.05) is 32.7 Å². The number of urea groups is 1. The molecule has 0 bridgehead atoms. The SMILES string of the molecule is CC(C)CN(C(=O)N1CCN(C(C)C(=O)O)CC1)C1CC1. The van der Waals surface area contributed by atoms with E-state index in [1.807, 2.05) is 14.7 Å². The smallest absolute Gasteiger partial charge is 0.320 e. The van der Waals surface area contributed by atoms with Gasteiger partial charge in [-0.15, -0.1) is 0 Å². The monoisotopic (exact) mass is 297 g/mol. The van der Waals surface area contributed by atoms with Crippen LogP contribution in [0, 0.1) is 5.92 Å². The average Bonchev–Trinajstić information content (AvgIpc) is 3.27. The zero-order valence-electron chi connectivity index (χ0n) is 13.3. The molecule has 0 aromatic heterocycles. The summed E-state index contributed by atoms with van der Waals surface area (Å²) >= 11 is 0. The molecule has 1 N–H and O–H groups in total. The normalized spacial score (nSPS) is 21.4. The lowest BCUT2D eigenvalue weighted by molar-refractivity contribution is -0.143. The summed E-state index contributed by atoms with van der Waals surface area (Å²) in [5, 5.41) is 9.05. The van der Waals surface area contributed by atoms with Crippen molar-refractivity contribution >= 4 is 12.0 Å². The maximum absolute atomic E-state index is 12.6. The number of carboxylic acids is 1. The molecule has 1 atom stereocenters.